The number of ether oxygens (including phenoxy) is 2. The Hall–Kier alpha value is -2.68. The Bertz CT molecular complexity index is 768. The van der Waals surface area contributed by atoms with Crippen molar-refractivity contribution in [3.05, 3.63) is 30.3 Å². The molecule has 1 atom stereocenters. The third-order valence-corrected chi connectivity index (χ3v) is 4.63. The van der Waals surface area contributed by atoms with Gasteiger partial charge in [-0.3, -0.25) is 4.79 Å². The number of hydrogen-bond acceptors (Lipinski definition) is 8. The number of anilines is 2. The van der Waals surface area contributed by atoms with Gasteiger partial charge in [-0.25, -0.2) is 9.97 Å². The standard InChI is InChI=1S/C17H21N5O3S/c1-2-22(8-11-9-24-12-5-3-4-6-13(12)25-11)16(23)10-26-17-20-14(18)7-15(19)21-17/h3-7,11H,2,8-10H2,1H3,(H4,18,19,20,21). The molecular formula is C17H21N5O3S. The van der Waals surface area contributed by atoms with Gasteiger partial charge in [0.1, 0.15) is 18.2 Å². The van der Waals surface area contributed by atoms with Crippen LogP contribution in [0, 0.1) is 0 Å². The zero-order valence-electron chi connectivity index (χ0n) is 14.4. The van der Waals surface area contributed by atoms with Crippen molar-refractivity contribution in [3.8, 4) is 11.5 Å². The summed E-state index contributed by atoms with van der Waals surface area (Å²) < 4.78 is 11.6. The van der Waals surface area contributed by atoms with Crippen LogP contribution in [0.1, 0.15) is 6.92 Å². The van der Waals surface area contributed by atoms with E-state index in [2.05, 4.69) is 9.97 Å². The maximum Gasteiger partial charge on any atom is 0.233 e. The minimum atomic E-state index is -0.210. The summed E-state index contributed by atoms with van der Waals surface area (Å²) in [7, 11) is 0. The van der Waals surface area contributed by atoms with Gasteiger partial charge in [0, 0.05) is 12.6 Å². The molecule has 0 spiro atoms. The molecular weight excluding hydrogens is 354 g/mol. The van der Waals surface area contributed by atoms with Gasteiger partial charge in [0.15, 0.2) is 22.8 Å². The second-order valence-electron chi connectivity index (χ2n) is 5.72. The average molecular weight is 375 g/mol. The van der Waals surface area contributed by atoms with Crippen LogP contribution < -0.4 is 20.9 Å². The van der Waals surface area contributed by atoms with Gasteiger partial charge in [-0.2, -0.15) is 0 Å². The molecule has 8 nitrogen and oxygen atoms in total. The lowest BCUT2D eigenvalue weighted by molar-refractivity contribution is -0.129. The molecule has 2 aromatic rings. The quantitative estimate of drug-likeness (QED) is 0.575. The summed E-state index contributed by atoms with van der Waals surface area (Å²) in [6, 6.07) is 8.98. The number of carbonyl (C=O) groups excluding carboxylic acids is 1. The molecule has 0 radical (unpaired) electrons. The van der Waals surface area contributed by atoms with Gasteiger partial charge in [-0.05, 0) is 19.1 Å². The van der Waals surface area contributed by atoms with E-state index < -0.39 is 0 Å². The fourth-order valence-electron chi connectivity index (χ4n) is 2.55. The maximum absolute atomic E-state index is 12.5. The van der Waals surface area contributed by atoms with Gasteiger partial charge in [0.05, 0.1) is 12.3 Å². The Kier molecular flexibility index (Phi) is 5.67. The molecule has 2 heterocycles. The normalized spacial score (nSPS) is 15.5. The van der Waals surface area contributed by atoms with Crippen molar-refractivity contribution in [2.24, 2.45) is 0 Å². The van der Waals surface area contributed by atoms with Crippen molar-refractivity contribution in [2.45, 2.75) is 18.2 Å². The Balaban J connectivity index is 1.56. The average Bonchev–Trinajstić information content (AvgIpc) is 2.63. The number of amides is 1. The van der Waals surface area contributed by atoms with Crippen molar-refractivity contribution in [1.29, 1.82) is 0 Å². The number of nitrogens with two attached hydrogens (primary N) is 2. The van der Waals surface area contributed by atoms with E-state index in [4.69, 9.17) is 20.9 Å². The molecule has 1 aliphatic rings. The summed E-state index contributed by atoms with van der Waals surface area (Å²) in [5, 5.41) is 0.387. The lowest BCUT2D eigenvalue weighted by atomic mass is 10.2. The molecule has 4 N–H and O–H groups in total. The van der Waals surface area contributed by atoms with Crippen molar-refractivity contribution >= 4 is 29.3 Å². The van der Waals surface area contributed by atoms with Crippen LogP contribution in [0.4, 0.5) is 11.6 Å². The molecule has 0 fully saturated rings. The van der Waals surface area contributed by atoms with Crippen LogP contribution in [0.5, 0.6) is 11.5 Å². The molecule has 3 rings (SSSR count). The second kappa shape index (κ2) is 8.13. The van der Waals surface area contributed by atoms with E-state index in [1.54, 1.807) is 4.90 Å². The number of benzene rings is 1. The van der Waals surface area contributed by atoms with Crippen LogP contribution in [0.2, 0.25) is 0 Å². The summed E-state index contributed by atoms with van der Waals surface area (Å²) in [5.41, 5.74) is 11.3. The molecule has 0 bridgehead atoms. The van der Waals surface area contributed by atoms with Crippen LogP contribution in [-0.4, -0.2) is 52.3 Å². The molecule has 9 heteroatoms. The third-order valence-electron chi connectivity index (χ3n) is 3.80. The van der Waals surface area contributed by atoms with E-state index in [1.165, 1.54) is 17.8 Å². The first-order chi connectivity index (χ1) is 12.5. The Labute approximate surface area is 155 Å². The fraction of sp³-hybridized carbons (Fsp3) is 0.353. The van der Waals surface area contributed by atoms with Crippen molar-refractivity contribution in [1.82, 2.24) is 14.9 Å². The molecule has 0 aliphatic carbocycles. The summed E-state index contributed by atoms with van der Waals surface area (Å²) in [4.78, 5) is 22.4. The van der Waals surface area contributed by atoms with Gasteiger partial charge in [-0.1, -0.05) is 23.9 Å². The van der Waals surface area contributed by atoms with Gasteiger partial charge in [0.25, 0.3) is 0 Å². The number of nitrogen functional groups attached to an aromatic ring is 2. The molecule has 138 valence electrons. The van der Waals surface area contributed by atoms with E-state index in [0.717, 1.165) is 5.75 Å². The van der Waals surface area contributed by atoms with E-state index in [1.807, 2.05) is 31.2 Å². The third kappa shape index (κ3) is 4.48. The van der Waals surface area contributed by atoms with Gasteiger partial charge in [-0.15, -0.1) is 0 Å². The van der Waals surface area contributed by atoms with Crippen molar-refractivity contribution in [2.75, 3.05) is 36.9 Å². The largest absolute Gasteiger partial charge is 0.486 e. The molecule has 1 aromatic carbocycles. The first-order valence-corrected chi connectivity index (χ1v) is 9.22. The van der Waals surface area contributed by atoms with E-state index in [-0.39, 0.29) is 29.4 Å². The topological polar surface area (TPSA) is 117 Å². The predicted molar refractivity (Wildman–Crippen MR) is 100 cm³/mol. The Morgan fingerprint density at radius 2 is 1.96 bits per heavy atom. The number of para-hydroxylation sites is 2. The zero-order valence-corrected chi connectivity index (χ0v) is 15.2. The molecule has 1 aromatic heterocycles. The number of rotatable bonds is 6. The van der Waals surface area contributed by atoms with Crippen LogP contribution in [-0.2, 0) is 4.79 Å². The molecule has 1 unspecified atom stereocenters. The summed E-state index contributed by atoms with van der Waals surface area (Å²) in [6.07, 6.45) is -0.210. The minimum absolute atomic E-state index is 0.0374. The summed E-state index contributed by atoms with van der Waals surface area (Å²) in [5.74, 6) is 2.15. The van der Waals surface area contributed by atoms with Crippen LogP contribution in [0.25, 0.3) is 0 Å². The lowest BCUT2D eigenvalue weighted by Crippen LogP contribution is -2.44. The number of nitrogens with zero attached hydrogens (tertiary/aromatic N) is 3. The zero-order chi connectivity index (χ0) is 18.5. The van der Waals surface area contributed by atoms with E-state index in [0.29, 0.717) is 30.6 Å². The van der Waals surface area contributed by atoms with Gasteiger partial charge >= 0.3 is 0 Å². The van der Waals surface area contributed by atoms with E-state index in [9.17, 15) is 4.79 Å². The number of likely N-dealkylation sites (N-methyl/N-ethyl adjacent to an activating group) is 1. The molecule has 1 aliphatic heterocycles. The van der Waals surface area contributed by atoms with Gasteiger partial charge in [0.2, 0.25) is 5.91 Å². The van der Waals surface area contributed by atoms with Crippen molar-refractivity contribution < 1.29 is 14.3 Å². The number of thioether (sulfide) groups is 1. The molecule has 1 amide bonds. The Morgan fingerprint density at radius 3 is 2.65 bits per heavy atom. The maximum atomic E-state index is 12.5. The summed E-state index contributed by atoms with van der Waals surface area (Å²) >= 11 is 1.21. The number of carbonyl (C=O) groups is 1. The second-order valence-corrected chi connectivity index (χ2v) is 6.66. The van der Waals surface area contributed by atoms with Crippen LogP contribution >= 0.6 is 11.8 Å². The molecule has 0 saturated heterocycles. The predicted octanol–water partition coefficient (Wildman–Crippen LogP) is 1.42. The van der Waals surface area contributed by atoms with Crippen molar-refractivity contribution in [3.63, 3.8) is 0 Å². The minimum Gasteiger partial charge on any atom is -0.486 e. The molecule has 0 saturated carbocycles. The highest BCUT2D eigenvalue weighted by Crippen LogP contribution is 2.31. The highest BCUT2D eigenvalue weighted by molar-refractivity contribution is 7.99. The van der Waals surface area contributed by atoms with Gasteiger partial charge < -0.3 is 25.8 Å². The summed E-state index contributed by atoms with van der Waals surface area (Å²) in [6.45, 7) is 3.35. The highest BCUT2D eigenvalue weighted by Gasteiger charge is 2.24. The Morgan fingerprint density at radius 1 is 1.27 bits per heavy atom. The number of fused-ring (bicyclic) bond motifs is 1. The first-order valence-electron chi connectivity index (χ1n) is 8.24. The SMILES string of the molecule is CCN(CC1COc2ccccc2O1)C(=O)CSc1nc(N)cc(N)n1. The van der Waals surface area contributed by atoms with Crippen LogP contribution in [0.15, 0.2) is 35.5 Å². The first kappa shape index (κ1) is 18.1. The number of aromatic nitrogens is 2. The lowest BCUT2D eigenvalue weighted by Gasteiger charge is -2.30. The smallest absolute Gasteiger partial charge is 0.233 e. The fourth-order valence-corrected chi connectivity index (χ4v) is 3.33. The van der Waals surface area contributed by atoms with Crippen LogP contribution in [0.3, 0.4) is 0 Å². The molecule has 26 heavy (non-hydrogen) atoms. The number of hydrogen-bond donors (Lipinski definition) is 2. The van der Waals surface area contributed by atoms with E-state index >= 15 is 0 Å². The highest BCUT2D eigenvalue weighted by atomic mass is 32.2. The monoisotopic (exact) mass is 375 g/mol.